The first-order valence-corrected chi connectivity index (χ1v) is 6.66. The first-order valence-electron chi connectivity index (χ1n) is 6.66. The minimum absolute atomic E-state index is 0.386. The van der Waals surface area contributed by atoms with Crippen molar-refractivity contribution in [3.8, 4) is 0 Å². The fourth-order valence-corrected chi connectivity index (χ4v) is 2.43. The molecule has 1 fully saturated rings. The zero-order valence-corrected chi connectivity index (χ0v) is 11.5. The van der Waals surface area contributed by atoms with Crippen molar-refractivity contribution >= 4 is 5.97 Å². The summed E-state index contributed by atoms with van der Waals surface area (Å²) in [5.74, 6) is -0.740. The summed E-state index contributed by atoms with van der Waals surface area (Å²) in [4.78, 5) is 19.5. The van der Waals surface area contributed by atoms with Crippen molar-refractivity contribution in [3.63, 3.8) is 0 Å². The number of carbonyl (C=O) groups is 1. The SMILES string of the molecule is Cc1cncc(CN2CCN(C(C)C(=O)O)CC2)c1. The Labute approximate surface area is 113 Å². The Bertz CT molecular complexity index is 442. The van der Waals surface area contributed by atoms with Crippen molar-refractivity contribution in [1.29, 1.82) is 0 Å². The van der Waals surface area contributed by atoms with Gasteiger partial charge in [0.15, 0.2) is 0 Å². The van der Waals surface area contributed by atoms with E-state index in [1.54, 1.807) is 6.92 Å². The van der Waals surface area contributed by atoms with Gasteiger partial charge in [0.1, 0.15) is 6.04 Å². The summed E-state index contributed by atoms with van der Waals surface area (Å²) in [5, 5.41) is 9.00. The van der Waals surface area contributed by atoms with E-state index in [2.05, 4.69) is 16.0 Å². The number of carboxylic acids is 1. The molecule has 1 aromatic heterocycles. The van der Waals surface area contributed by atoms with Crippen molar-refractivity contribution in [1.82, 2.24) is 14.8 Å². The van der Waals surface area contributed by atoms with Crippen molar-refractivity contribution in [2.75, 3.05) is 26.2 Å². The number of aliphatic carboxylic acids is 1. The van der Waals surface area contributed by atoms with E-state index >= 15 is 0 Å². The molecule has 0 aromatic carbocycles. The Kier molecular flexibility index (Phi) is 4.50. The predicted octanol–water partition coefficient (Wildman–Crippen LogP) is 0.981. The average molecular weight is 263 g/mol. The lowest BCUT2D eigenvalue weighted by atomic mass is 10.2. The zero-order chi connectivity index (χ0) is 13.8. The van der Waals surface area contributed by atoms with Crippen LogP contribution in [0.25, 0.3) is 0 Å². The van der Waals surface area contributed by atoms with E-state index in [1.165, 1.54) is 11.1 Å². The predicted molar refractivity (Wildman–Crippen MR) is 72.9 cm³/mol. The van der Waals surface area contributed by atoms with Gasteiger partial charge >= 0.3 is 5.97 Å². The van der Waals surface area contributed by atoms with Crippen LogP contribution in [-0.4, -0.2) is 58.1 Å². The van der Waals surface area contributed by atoms with E-state index in [-0.39, 0.29) is 6.04 Å². The summed E-state index contributed by atoms with van der Waals surface area (Å²) in [6.45, 7) is 8.13. The van der Waals surface area contributed by atoms with Crippen LogP contribution >= 0.6 is 0 Å². The quantitative estimate of drug-likeness (QED) is 0.877. The number of hydrogen-bond donors (Lipinski definition) is 1. The minimum Gasteiger partial charge on any atom is -0.480 e. The van der Waals surface area contributed by atoms with E-state index < -0.39 is 5.97 Å². The maximum atomic E-state index is 10.9. The Hall–Kier alpha value is -1.46. The summed E-state index contributed by atoms with van der Waals surface area (Å²) in [6, 6.07) is 1.77. The van der Waals surface area contributed by atoms with Crippen LogP contribution in [0.15, 0.2) is 18.5 Å². The van der Waals surface area contributed by atoms with Crippen molar-refractivity contribution in [2.45, 2.75) is 26.4 Å². The highest BCUT2D eigenvalue weighted by molar-refractivity contribution is 5.72. The summed E-state index contributed by atoms with van der Waals surface area (Å²) in [5.41, 5.74) is 2.40. The maximum absolute atomic E-state index is 10.9. The van der Waals surface area contributed by atoms with E-state index in [4.69, 9.17) is 5.11 Å². The third-order valence-corrected chi connectivity index (χ3v) is 3.65. The van der Waals surface area contributed by atoms with Gasteiger partial charge in [-0.1, -0.05) is 6.07 Å². The highest BCUT2D eigenvalue weighted by atomic mass is 16.4. The molecule has 1 aliphatic rings. The number of pyridine rings is 1. The molecule has 5 nitrogen and oxygen atoms in total. The molecule has 1 unspecified atom stereocenters. The standard InChI is InChI=1S/C14H21N3O2/c1-11-7-13(9-15-8-11)10-16-3-5-17(6-4-16)12(2)14(18)19/h7-9,12H,3-6,10H2,1-2H3,(H,18,19). The number of aromatic nitrogens is 1. The van der Waals surface area contributed by atoms with E-state index in [1.807, 2.05) is 24.2 Å². The number of nitrogens with zero attached hydrogens (tertiary/aromatic N) is 3. The first-order chi connectivity index (χ1) is 9.06. The van der Waals surface area contributed by atoms with Crippen molar-refractivity contribution in [3.05, 3.63) is 29.6 Å². The molecule has 104 valence electrons. The van der Waals surface area contributed by atoms with Gasteiger partial charge in [0.25, 0.3) is 0 Å². The molecule has 1 aliphatic heterocycles. The normalized spacial score (nSPS) is 19.3. The molecule has 0 spiro atoms. The molecule has 0 amide bonds. The van der Waals surface area contributed by atoms with Crippen LogP contribution in [-0.2, 0) is 11.3 Å². The van der Waals surface area contributed by atoms with Crippen LogP contribution in [0.1, 0.15) is 18.1 Å². The van der Waals surface area contributed by atoms with Gasteiger partial charge in [0.05, 0.1) is 0 Å². The molecule has 0 saturated carbocycles. The highest BCUT2D eigenvalue weighted by Gasteiger charge is 2.24. The van der Waals surface area contributed by atoms with Gasteiger partial charge in [-0.3, -0.25) is 19.6 Å². The van der Waals surface area contributed by atoms with E-state index in [9.17, 15) is 4.79 Å². The molecule has 19 heavy (non-hydrogen) atoms. The summed E-state index contributed by atoms with van der Waals surface area (Å²) in [7, 11) is 0. The third-order valence-electron chi connectivity index (χ3n) is 3.65. The van der Waals surface area contributed by atoms with Gasteiger partial charge in [-0.15, -0.1) is 0 Å². The lowest BCUT2D eigenvalue weighted by Crippen LogP contribution is -2.51. The second kappa shape index (κ2) is 6.12. The molecule has 2 heterocycles. The summed E-state index contributed by atoms with van der Waals surface area (Å²) in [6.07, 6.45) is 3.76. The molecule has 1 N–H and O–H groups in total. The van der Waals surface area contributed by atoms with Gasteiger partial charge in [0, 0.05) is 45.1 Å². The summed E-state index contributed by atoms with van der Waals surface area (Å²) >= 11 is 0. The topological polar surface area (TPSA) is 56.7 Å². The van der Waals surface area contributed by atoms with Gasteiger partial charge < -0.3 is 5.11 Å². The molecule has 0 radical (unpaired) electrons. The van der Waals surface area contributed by atoms with Crippen LogP contribution in [0.4, 0.5) is 0 Å². The maximum Gasteiger partial charge on any atom is 0.320 e. The number of aryl methyl sites for hydroxylation is 1. The van der Waals surface area contributed by atoms with Crippen LogP contribution in [0.2, 0.25) is 0 Å². The molecule has 1 aromatic rings. The average Bonchev–Trinajstić information content (AvgIpc) is 2.39. The highest BCUT2D eigenvalue weighted by Crippen LogP contribution is 2.11. The van der Waals surface area contributed by atoms with Gasteiger partial charge in [-0.05, 0) is 25.0 Å². The fraction of sp³-hybridized carbons (Fsp3) is 0.571. The largest absolute Gasteiger partial charge is 0.480 e. The Balaban J connectivity index is 1.85. The zero-order valence-electron chi connectivity index (χ0n) is 11.5. The van der Waals surface area contributed by atoms with Crippen LogP contribution in [0.3, 0.4) is 0 Å². The monoisotopic (exact) mass is 263 g/mol. The number of rotatable bonds is 4. The molecular formula is C14H21N3O2. The molecule has 0 aliphatic carbocycles. The fourth-order valence-electron chi connectivity index (χ4n) is 2.43. The number of hydrogen-bond acceptors (Lipinski definition) is 4. The minimum atomic E-state index is -0.740. The summed E-state index contributed by atoms with van der Waals surface area (Å²) < 4.78 is 0. The third kappa shape index (κ3) is 3.75. The number of piperazine rings is 1. The van der Waals surface area contributed by atoms with Gasteiger partial charge in [-0.2, -0.15) is 0 Å². The molecule has 1 saturated heterocycles. The smallest absolute Gasteiger partial charge is 0.320 e. The van der Waals surface area contributed by atoms with Gasteiger partial charge in [0.2, 0.25) is 0 Å². The lowest BCUT2D eigenvalue weighted by molar-refractivity contribution is -0.143. The second-order valence-electron chi connectivity index (χ2n) is 5.20. The van der Waals surface area contributed by atoms with E-state index in [0.717, 1.165) is 32.7 Å². The Morgan fingerprint density at radius 1 is 1.37 bits per heavy atom. The lowest BCUT2D eigenvalue weighted by Gasteiger charge is -2.36. The Morgan fingerprint density at radius 2 is 2.05 bits per heavy atom. The van der Waals surface area contributed by atoms with Gasteiger partial charge in [-0.25, -0.2) is 0 Å². The first kappa shape index (κ1) is 14.0. The molecule has 2 rings (SSSR count). The number of carboxylic acid groups (broad SMARTS) is 1. The molecular weight excluding hydrogens is 242 g/mol. The van der Waals surface area contributed by atoms with Crippen LogP contribution in [0, 0.1) is 6.92 Å². The van der Waals surface area contributed by atoms with Crippen molar-refractivity contribution in [2.24, 2.45) is 0 Å². The Morgan fingerprint density at radius 3 is 2.63 bits per heavy atom. The van der Waals surface area contributed by atoms with Crippen LogP contribution < -0.4 is 0 Å². The molecule has 5 heteroatoms. The van der Waals surface area contributed by atoms with E-state index in [0.29, 0.717) is 0 Å². The molecule has 0 bridgehead atoms. The van der Waals surface area contributed by atoms with Crippen LogP contribution in [0.5, 0.6) is 0 Å². The van der Waals surface area contributed by atoms with Crippen molar-refractivity contribution < 1.29 is 9.90 Å². The second-order valence-corrected chi connectivity index (χ2v) is 5.20. The molecule has 1 atom stereocenters.